The number of hydrogen-bond acceptors (Lipinski definition) is 5. The van der Waals surface area contributed by atoms with Gasteiger partial charge in [0.25, 0.3) is 0 Å². The van der Waals surface area contributed by atoms with E-state index in [1.165, 1.54) is 7.11 Å². The molecule has 0 atom stereocenters. The van der Waals surface area contributed by atoms with Crippen LogP contribution in [0.3, 0.4) is 0 Å². The Morgan fingerprint density at radius 2 is 1.91 bits per heavy atom. The van der Waals surface area contributed by atoms with E-state index in [4.69, 9.17) is 4.74 Å². The molecule has 0 bridgehead atoms. The van der Waals surface area contributed by atoms with Gasteiger partial charge in [-0.2, -0.15) is 0 Å². The third-order valence-electron chi connectivity index (χ3n) is 3.34. The van der Waals surface area contributed by atoms with Crippen LogP contribution in [-0.4, -0.2) is 28.6 Å². The Morgan fingerprint density at radius 1 is 1.27 bits per heavy atom. The van der Waals surface area contributed by atoms with E-state index < -0.39 is 0 Å². The average Bonchev–Trinajstić information content (AvgIpc) is 2.87. The fourth-order valence-electron chi connectivity index (χ4n) is 2.40. The number of methoxy groups -OCH3 is 1. The third kappa shape index (κ3) is 3.16. The maximum atomic E-state index is 11.9. The van der Waals surface area contributed by atoms with Gasteiger partial charge in [-0.15, -0.1) is 11.3 Å². The van der Waals surface area contributed by atoms with Crippen LogP contribution in [0.1, 0.15) is 47.3 Å². The van der Waals surface area contributed by atoms with Crippen molar-refractivity contribution < 1.29 is 9.53 Å². The minimum absolute atomic E-state index is 0.0422. The van der Waals surface area contributed by atoms with Crippen molar-refractivity contribution in [1.82, 2.24) is 9.97 Å². The number of hydrogen-bond donors (Lipinski definition) is 2. The number of nitrogens with one attached hydrogen (secondary N) is 2. The summed E-state index contributed by atoms with van der Waals surface area (Å²) in [7, 11) is 1.40. The van der Waals surface area contributed by atoms with Crippen molar-refractivity contribution in [3.05, 3.63) is 21.7 Å². The number of ether oxygens (including phenoxy) is 1. The highest BCUT2D eigenvalue weighted by atomic mass is 32.1. The van der Waals surface area contributed by atoms with E-state index in [-0.39, 0.29) is 11.5 Å². The number of thiazole rings is 1. The fourth-order valence-corrected chi connectivity index (χ4v) is 3.43. The summed E-state index contributed by atoms with van der Waals surface area (Å²) < 4.78 is 4.86. The molecule has 0 saturated heterocycles. The molecule has 2 heterocycles. The number of carbonyl (C=O) groups excluding carboxylic acids is 1. The third-order valence-corrected chi connectivity index (χ3v) is 4.23. The van der Waals surface area contributed by atoms with Gasteiger partial charge in [-0.1, -0.05) is 0 Å². The molecule has 0 aliphatic carbocycles. The summed E-state index contributed by atoms with van der Waals surface area (Å²) in [6.07, 6.45) is 0. The predicted molar refractivity (Wildman–Crippen MR) is 90.8 cm³/mol. The van der Waals surface area contributed by atoms with Gasteiger partial charge in [0.1, 0.15) is 5.69 Å². The molecule has 0 amide bonds. The molecule has 0 fully saturated rings. The second kappa shape index (κ2) is 5.76. The van der Waals surface area contributed by atoms with E-state index in [2.05, 4.69) is 36.1 Å². The van der Waals surface area contributed by atoms with Crippen molar-refractivity contribution in [3.63, 3.8) is 0 Å². The highest BCUT2D eigenvalue weighted by molar-refractivity contribution is 7.16. The average molecular weight is 321 g/mol. The number of nitrogens with zero attached hydrogens (tertiary/aromatic N) is 1. The lowest BCUT2D eigenvalue weighted by Gasteiger charge is -2.19. The summed E-state index contributed by atoms with van der Waals surface area (Å²) >= 11 is 1.62. The molecule has 5 nitrogen and oxygen atoms in total. The Kier molecular flexibility index (Phi) is 4.33. The summed E-state index contributed by atoms with van der Waals surface area (Å²) in [6.45, 7) is 12.1. The Morgan fingerprint density at radius 3 is 2.45 bits per heavy atom. The zero-order valence-corrected chi connectivity index (χ0v) is 15.0. The Hall–Kier alpha value is -1.82. The first-order chi connectivity index (χ1) is 10.1. The Labute approximate surface area is 135 Å². The molecule has 0 spiro atoms. The van der Waals surface area contributed by atoms with Gasteiger partial charge in [0, 0.05) is 16.1 Å². The second-order valence-corrected chi connectivity index (χ2v) is 7.62. The Balaban J connectivity index is 2.47. The number of esters is 1. The van der Waals surface area contributed by atoms with E-state index in [0.29, 0.717) is 5.56 Å². The smallest absolute Gasteiger partial charge is 0.339 e. The predicted octanol–water partition coefficient (Wildman–Crippen LogP) is 4.06. The molecule has 0 aliphatic heterocycles. The van der Waals surface area contributed by atoms with Gasteiger partial charge >= 0.3 is 5.97 Å². The SMILES string of the molecule is COC(=O)c1c(C)[nH]c(-c2nc(NC(C)(C)C)sc2C)c1C. The Bertz CT molecular complexity index is 708. The first kappa shape index (κ1) is 16.5. The highest BCUT2D eigenvalue weighted by Gasteiger charge is 2.23. The molecule has 0 radical (unpaired) electrons. The number of aromatic nitrogens is 2. The maximum absolute atomic E-state index is 11.9. The molecule has 22 heavy (non-hydrogen) atoms. The van der Waals surface area contributed by atoms with Gasteiger partial charge in [0.05, 0.1) is 18.4 Å². The van der Waals surface area contributed by atoms with Crippen LogP contribution in [0.2, 0.25) is 0 Å². The summed E-state index contributed by atoms with van der Waals surface area (Å²) in [6, 6.07) is 0. The van der Waals surface area contributed by atoms with E-state index in [9.17, 15) is 4.79 Å². The van der Waals surface area contributed by atoms with Crippen molar-refractivity contribution >= 4 is 22.4 Å². The quantitative estimate of drug-likeness (QED) is 0.837. The number of H-pyrrole nitrogens is 1. The van der Waals surface area contributed by atoms with Gasteiger partial charge in [0.2, 0.25) is 0 Å². The largest absolute Gasteiger partial charge is 0.465 e. The van der Waals surface area contributed by atoms with Crippen LogP contribution < -0.4 is 5.32 Å². The van der Waals surface area contributed by atoms with Crippen molar-refractivity contribution in [3.8, 4) is 11.4 Å². The van der Waals surface area contributed by atoms with Crippen LogP contribution in [-0.2, 0) is 4.74 Å². The van der Waals surface area contributed by atoms with E-state index in [0.717, 1.165) is 32.7 Å². The molecule has 0 aromatic carbocycles. The lowest BCUT2D eigenvalue weighted by molar-refractivity contribution is 0.0599. The molecule has 2 N–H and O–H groups in total. The number of anilines is 1. The minimum atomic E-state index is -0.321. The van der Waals surface area contributed by atoms with Crippen LogP contribution in [0.5, 0.6) is 0 Å². The van der Waals surface area contributed by atoms with Crippen molar-refractivity contribution in [2.75, 3.05) is 12.4 Å². The van der Waals surface area contributed by atoms with Gasteiger partial charge in [0.15, 0.2) is 5.13 Å². The zero-order valence-electron chi connectivity index (χ0n) is 14.2. The number of rotatable bonds is 3. The maximum Gasteiger partial charge on any atom is 0.339 e. The van der Waals surface area contributed by atoms with Crippen LogP contribution in [0.25, 0.3) is 11.4 Å². The molecule has 2 aromatic heterocycles. The van der Waals surface area contributed by atoms with E-state index >= 15 is 0 Å². The minimum Gasteiger partial charge on any atom is -0.465 e. The van der Waals surface area contributed by atoms with Gasteiger partial charge in [-0.3, -0.25) is 0 Å². The summed E-state index contributed by atoms with van der Waals surface area (Å²) in [5, 5.41) is 4.27. The standard InChI is InChI=1S/C16H23N3O2S/c1-8-11(14(20)21-7)9(2)17-12(8)13-10(3)22-15(18-13)19-16(4,5)6/h17H,1-7H3,(H,18,19). The van der Waals surface area contributed by atoms with E-state index in [1.807, 2.05) is 20.8 Å². The number of aryl methyl sites for hydroxylation is 2. The molecule has 120 valence electrons. The molecule has 2 rings (SSSR count). The van der Waals surface area contributed by atoms with Crippen molar-refractivity contribution in [2.24, 2.45) is 0 Å². The van der Waals surface area contributed by atoms with E-state index in [1.54, 1.807) is 11.3 Å². The van der Waals surface area contributed by atoms with Gasteiger partial charge < -0.3 is 15.0 Å². The molecule has 0 saturated carbocycles. The fraction of sp³-hybridized carbons (Fsp3) is 0.500. The van der Waals surface area contributed by atoms with Crippen LogP contribution in [0.4, 0.5) is 5.13 Å². The van der Waals surface area contributed by atoms with Crippen molar-refractivity contribution in [1.29, 1.82) is 0 Å². The lowest BCUT2D eigenvalue weighted by atomic mass is 10.1. The monoisotopic (exact) mass is 321 g/mol. The van der Waals surface area contributed by atoms with Crippen LogP contribution in [0, 0.1) is 20.8 Å². The first-order valence-electron chi connectivity index (χ1n) is 7.17. The molecular formula is C16H23N3O2S. The van der Waals surface area contributed by atoms with Crippen LogP contribution in [0.15, 0.2) is 0 Å². The van der Waals surface area contributed by atoms with Gasteiger partial charge in [-0.25, -0.2) is 9.78 Å². The molecule has 0 aliphatic rings. The summed E-state index contributed by atoms with van der Waals surface area (Å²) in [5.41, 5.74) is 3.99. The molecule has 6 heteroatoms. The van der Waals surface area contributed by atoms with Crippen LogP contribution >= 0.6 is 11.3 Å². The second-order valence-electron chi connectivity index (χ2n) is 6.42. The topological polar surface area (TPSA) is 67.0 Å². The normalized spacial score (nSPS) is 11.6. The first-order valence-corrected chi connectivity index (χ1v) is 7.99. The summed E-state index contributed by atoms with van der Waals surface area (Å²) in [5.74, 6) is -0.321. The number of aromatic amines is 1. The molecular weight excluding hydrogens is 298 g/mol. The van der Waals surface area contributed by atoms with Crippen molar-refractivity contribution in [2.45, 2.75) is 47.1 Å². The summed E-state index contributed by atoms with van der Waals surface area (Å²) in [4.78, 5) is 21.0. The molecule has 0 unspecified atom stereocenters. The number of carbonyl (C=O) groups is 1. The lowest BCUT2D eigenvalue weighted by Crippen LogP contribution is -2.25. The highest BCUT2D eigenvalue weighted by Crippen LogP contribution is 2.34. The van der Waals surface area contributed by atoms with Gasteiger partial charge in [-0.05, 0) is 47.1 Å². The molecule has 2 aromatic rings. The zero-order chi connectivity index (χ0) is 16.7.